The van der Waals surface area contributed by atoms with Crippen LogP contribution in [0.3, 0.4) is 0 Å². The molecule has 61 heavy (non-hydrogen) atoms. The Morgan fingerprint density at radius 1 is 0.361 bits per heavy atom. The standard InChI is InChI=1S/C59H42N2/c1-58(2)50-35-32-37-18-10-11-23-40(37)54(50)48-29-16-27-45(56(48)58)43-33-34-44(42-25-13-12-24-41(42)43)52-36-53(61-57(60-52)38-19-6-4-7-20-38)47-28-17-31-51-55(47)46-26-14-15-30-49(46)59(51,3)39-21-8-5-9-22-39/h4-36H,1-3H3. The summed E-state index contributed by atoms with van der Waals surface area (Å²) in [5.41, 5.74) is 18.9. The predicted octanol–water partition coefficient (Wildman–Crippen LogP) is 15.1. The molecule has 12 rings (SSSR count). The molecule has 0 fully saturated rings. The summed E-state index contributed by atoms with van der Waals surface area (Å²) in [5, 5.41) is 4.97. The Labute approximate surface area is 356 Å². The Bertz CT molecular complexity index is 3400. The number of benzene rings is 9. The molecule has 1 unspecified atom stereocenters. The highest BCUT2D eigenvalue weighted by Crippen LogP contribution is 2.57. The van der Waals surface area contributed by atoms with Gasteiger partial charge in [0.05, 0.1) is 11.4 Å². The van der Waals surface area contributed by atoms with Crippen LogP contribution in [0.5, 0.6) is 0 Å². The van der Waals surface area contributed by atoms with E-state index in [1.165, 1.54) is 82.7 Å². The number of hydrogen-bond donors (Lipinski definition) is 0. The molecule has 0 radical (unpaired) electrons. The molecule has 2 nitrogen and oxygen atoms in total. The first-order valence-electron chi connectivity index (χ1n) is 21.3. The van der Waals surface area contributed by atoms with Gasteiger partial charge in [0.1, 0.15) is 0 Å². The second-order valence-corrected chi connectivity index (χ2v) is 17.4. The number of aromatic nitrogens is 2. The fourth-order valence-electron chi connectivity index (χ4n) is 10.9. The number of fused-ring (bicyclic) bond motifs is 9. The molecule has 288 valence electrons. The van der Waals surface area contributed by atoms with E-state index in [0.29, 0.717) is 5.82 Å². The Morgan fingerprint density at radius 2 is 0.934 bits per heavy atom. The first-order valence-corrected chi connectivity index (χ1v) is 21.3. The molecular weight excluding hydrogens is 737 g/mol. The molecule has 1 heterocycles. The van der Waals surface area contributed by atoms with E-state index in [4.69, 9.17) is 9.97 Å². The van der Waals surface area contributed by atoms with Gasteiger partial charge < -0.3 is 0 Å². The molecule has 1 atom stereocenters. The van der Waals surface area contributed by atoms with Crippen LogP contribution in [0.2, 0.25) is 0 Å². The van der Waals surface area contributed by atoms with Crippen molar-refractivity contribution >= 4 is 21.5 Å². The zero-order chi connectivity index (χ0) is 40.9. The molecule has 0 N–H and O–H groups in total. The van der Waals surface area contributed by atoms with Crippen LogP contribution < -0.4 is 0 Å². The molecule has 10 aromatic rings. The second kappa shape index (κ2) is 13.3. The zero-order valence-corrected chi connectivity index (χ0v) is 34.4. The Hall–Kier alpha value is -7.42. The minimum atomic E-state index is -0.312. The average molecular weight is 779 g/mol. The molecule has 2 heteroatoms. The molecule has 0 saturated carbocycles. The fraction of sp³-hybridized carbons (Fsp3) is 0.0847. The highest BCUT2D eigenvalue weighted by Gasteiger charge is 2.42. The van der Waals surface area contributed by atoms with Crippen molar-refractivity contribution in [3.05, 3.63) is 228 Å². The van der Waals surface area contributed by atoms with Crippen LogP contribution in [0, 0.1) is 0 Å². The molecule has 2 aliphatic carbocycles. The Balaban J connectivity index is 1.07. The average Bonchev–Trinajstić information content (AvgIpc) is 3.73. The highest BCUT2D eigenvalue weighted by atomic mass is 14.9. The van der Waals surface area contributed by atoms with E-state index in [9.17, 15) is 0 Å². The largest absolute Gasteiger partial charge is 0.228 e. The molecular formula is C59H42N2. The van der Waals surface area contributed by atoms with Crippen molar-refractivity contribution < 1.29 is 0 Å². The Kier molecular flexibility index (Phi) is 7.74. The minimum absolute atomic E-state index is 0.178. The quantitative estimate of drug-likeness (QED) is 0.174. The van der Waals surface area contributed by atoms with Gasteiger partial charge in [-0.15, -0.1) is 0 Å². The Morgan fingerprint density at radius 3 is 1.74 bits per heavy atom. The maximum atomic E-state index is 5.40. The van der Waals surface area contributed by atoms with E-state index < -0.39 is 0 Å². The molecule has 0 amide bonds. The van der Waals surface area contributed by atoms with Gasteiger partial charge in [-0.25, -0.2) is 9.97 Å². The molecule has 0 aliphatic heterocycles. The van der Waals surface area contributed by atoms with Gasteiger partial charge in [0.25, 0.3) is 0 Å². The van der Waals surface area contributed by atoms with Crippen molar-refractivity contribution in [3.8, 4) is 67.3 Å². The third kappa shape index (κ3) is 5.15. The summed E-state index contributed by atoms with van der Waals surface area (Å²) >= 11 is 0. The van der Waals surface area contributed by atoms with E-state index in [2.05, 4.69) is 221 Å². The normalized spacial score (nSPS) is 15.7. The molecule has 0 bridgehead atoms. The molecule has 1 aromatic heterocycles. The van der Waals surface area contributed by atoms with Crippen molar-refractivity contribution in [3.63, 3.8) is 0 Å². The third-order valence-corrected chi connectivity index (χ3v) is 13.8. The molecule has 2 aliphatic rings. The van der Waals surface area contributed by atoms with Gasteiger partial charge in [0.2, 0.25) is 0 Å². The lowest BCUT2D eigenvalue weighted by atomic mass is 9.74. The van der Waals surface area contributed by atoms with E-state index in [0.717, 1.165) is 28.1 Å². The SMILES string of the molecule is CC1(C)c2ccc3ccccc3c2-c2cccc(-c3ccc(-c4cc(-c5cccc6c5-c5ccccc5C6(C)c5ccccc5)nc(-c5ccccc5)n4)c4ccccc34)c21. The lowest BCUT2D eigenvalue weighted by molar-refractivity contribution is 0.662. The van der Waals surface area contributed by atoms with Gasteiger partial charge >= 0.3 is 0 Å². The van der Waals surface area contributed by atoms with Gasteiger partial charge in [-0.3, -0.25) is 0 Å². The smallest absolute Gasteiger partial charge is 0.160 e. The fourth-order valence-corrected chi connectivity index (χ4v) is 10.9. The highest BCUT2D eigenvalue weighted by molar-refractivity contribution is 6.09. The minimum Gasteiger partial charge on any atom is -0.228 e. The van der Waals surface area contributed by atoms with Crippen LogP contribution in [-0.4, -0.2) is 9.97 Å². The van der Waals surface area contributed by atoms with Crippen LogP contribution in [0.25, 0.3) is 88.8 Å². The number of hydrogen-bond acceptors (Lipinski definition) is 2. The molecule has 0 saturated heterocycles. The lowest BCUT2D eigenvalue weighted by Gasteiger charge is -2.28. The van der Waals surface area contributed by atoms with Crippen molar-refractivity contribution in [2.75, 3.05) is 0 Å². The van der Waals surface area contributed by atoms with E-state index >= 15 is 0 Å². The summed E-state index contributed by atoms with van der Waals surface area (Å²) in [5.74, 6) is 0.712. The van der Waals surface area contributed by atoms with Gasteiger partial charge in [0, 0.05) is 27.5 Å². The summed E-state index contributed by atoms with van der Waals surface area (Å²) in [6.45, 7) is 7.15. The van der Waals surface area contributed by atoms with Gasteiger partial charge in [-0.1, -0.05) is 208 Å². The summed E-state index contributed by atoms with van der Waals surface area (Å²) < 4.78 is 0. The van der Waals surface area contributed by atoms with Gasteiger partial charge in [-0.05, 0) is 95.7 Å². The third-order valence-electron chi connectivity index (χ3n) is 13.8. The maximum Gasteiger partial charge on any atom is 0.160 e. The van der Waals surface area contributed by atoms with Crippen molar-refractivity contribution in [1.29, 1.82) is 0 Å². The van der Waals surface area contributed by atoms with Gasteiger partial charge in [-0.2, -0.15) is 0 Å². The van der Waals surface area contributed by atoms with Crippen LogP contribution in [0.4, 0.5) is 0 Å². The second-order valence-electron chi connectivity index (χ2n) is 17.4. The first-order chi connectivity index (χ1) is 29.9. The van der Waals surface area contributed by atoms with Crippen molar-refractivity contribution in [2.45, 2.75) is 31.6 Å². The predicted molar refractivity (Wildman–Crippen MR) is 254 cm³/mol. The monoisotopic (exact) mass is 778 g/mol. The van der Waals surface area contributed by atoms with Crippen LogP contribution in [-0.2, 0) is 10.8 Å². The summed E-state index contributed by atoms with van der Waals surface area (Å²) in [6.07, 6.45) is 0. The van der Waals surface area contributed by atoms with Crippen LogP contribution >= 0.6 is 0 Å². The van der Waals surface area contributed by atoms with E-state index in [1.54, 1.807) is 0 Å². The summed E-state index contributed by atoms with van der Waals surface area (Å²) in [6, 6.07) is 73.0. The van der Waals surface area contributed by atoms with Crippen molar-refractivity contribution in [2.24, 2.45) is 0 Å². The van der Waals surface area contributed by atoms with Crippen molar-refractivity contribution in [1.82, 2.24) is 9.97 Å². The first kappa shape index (κ1) is 35.5. The summed E-state index contributed by atoms with van der Waals surface area (Å²) in [7, 11) is 0. The topological polar surface area (TPSA) is 25.8 Å². The van der Waals surface area contributed by atoms with E-state index in [1.807, 2.05) is 0 Å². The maximum absolute atomic E-state index is 5.40. The number of nitrogens with zero attached hydrogens (tertiary/aromatic N) is 2. The van der Waals surface area contributed by atoms with Crippen LogP contribution in [0.1, 0.15) is 48.6 Å². The zero-order valence-electron chi connectivity index (χ0n) is 34.4. The molecule has 9 aromatic carbocycles. The van der Waals surface area contributed by atoms with E-state index in [-0.39, 0.29) is 10.8 Å². The number of rotatable bonds is 5. The lowest BCUT2D eigenvalue weighted by Crippen LogP contribution is -2.22. The van der Waals surface area contributed by atoms with Crippen LogP contribution in [0.15, 0.2) is 200 Å². The molecule has 0 spiro atoms. The summed E-state index contributed by atoms with van der Waals surface area (Å²) in [4.78, 5) is 10.8. The van der Waals surface area contributed by atoms with Gasteiger partial charge in [0.15, 0.2) is 5.82 Å².